The van der Waals surface area contributed by atoms with Crippen LogP contribution in [0.4, 0.5) is 13.2 Å². The summed E-state index contributed by atoms with van der Waals surface area (Å²) in [6.45, 7) is -1.22. The summed E-state index contributed by atoms with van der Waals surface area (Å²) in [6.07, 6.45) is -3.87. The Morgan fingerprint density at radius 1 is 1.09 bits per heavy atom. The van der Waals surface area contributed by atoms with Crippen LogP contribution >= 0.6 is 11.3 Å². The van der Waals surface area contributed by atoms with E-state index < -0.39 is 18.6 Å². The lowest BCUT2D eigenvalue weighted by atomic mass is 10.1. The molecule has 0 spiro atoms. The van der Waals surface area contributed by atoms with Gasteiger partial charge in [-0.05, 0) is 34.4 Å². The van der Waals surface area contributed by atoms with Crippen molar-refractivity contribution in [1.29, 1.82) is 0 Å². The van der Waals surface area contributed by atoms with Crippen molar-refractivity contribution >= 4 is 17.2 Å². The number of rotatable bonds is 6. The van der Waals surface area contributed by atoms with Gasteiger partial charge in [0.15, 0.2) is 0 Å². The van der Waals surface area contributed by atoms with Gasteiger partial charge in [0.05, 0.1) is 0 Å². The fourth-order valence-electron chi connectivity index (χ4n) is 2.11. The van der Waals surface area contributed by atoms with Gasteiger partial charge in [-0.15, -0.1) is 0 Å². The number of nitrogens with zero attached hydrogens (tertiary/aromatic N) is 1. The molecule has 0 atom stereocenters. The Labute approximate surface area is 131 Å². The summed E-state index contributed by atoms with van der Waals surface area (Å²) >= 11 is 1.40. The first-order valence-corrected chi connectivity index (χ1v) is 7.78. The van der Waals surface area contributed by atoms with E-state index >= 15 is 0 Å². The number of alkyl halides is 3. The predicted molar refractivity (Wildman–Crippen MR) is 80.6 cm³/mol. The van der Waals surface area contributed by atoms with Gasteiger partial charge in [0, 0.05) is 13.0 Å². The van der Waals surface area contributed by atoms with E-state index in [1.54, 1.807) is 16.8 Å². The van der Waals surface area contributed by atoms with Gasteiger partial charge in [0.1, 0.15) is 6.54 Å². The maximum absolute atomic E-state index is 12.7. The smallest absolute Gasteiger partial charge is 0.329 e. The number of carbonyl (C=O) groups excluding carboxylic acids is 1. The number of benzene rings is 1. The van der Waals surface area contributed by atoms with Crippen LogP contribution in [0.2, 0.25) is 0 Å². The van der Waals surface area contributed by atoms with Gasteiger partial charge < -0.3 is 4.90 Å². The molecule has 0 unspecified atom stereocenters. The van der Waals surface area contributed by atoms with Crippen LogP contribution in [0.15, 0.2) is 47.2 Å². The summed E-state index contributed by atoms with van der Waals surface area (Å²) in [5, 5.41) is 3.55. The van der Waals surface area contributed by atoms with Crippen molar-refractivity contribution in [3.63, 3.8) is 0 Å². The second kappa shape index (κ2) is 7.45. The van der Waals surface area contributed by atoms with Crippen molar-refractivity contribution < 1.29 is 18.0 Å². The molecule has 0 aliphatic heterocycles. The fourth-order valence-corrected chi connectivity index (χ4v) is 2.77. The second-order valence-corrected chi connectivity index (χ2v) is 5.76. The number of thiophene rings is 1. The third-order valence-electron chi connectivity index (χ3n) is 3.15. The van der Waals surface area contributed by atoms with Crippen LogP contribution in [0.5, 0.6) is 0 Å². The molecular weight excluding hydrogens is 311 g/mol. The van der Waals surface area contributed by atoms with Gasteiger partial charge in [-0.25, -0.2) is 0 Å². The normalized spacial score (nSPS) is 11.4. The highest BCUT2D eigenvalue weighted by Crippen LogP contribution is 2.20. The molecule has 22 heavy (non-hydrogen) atoms. The van der Waals surface area contributed by atoms with Crippen LogP contribution in [0.3, 0.4) is 0 Å². The largest absolute Gasteiger partial charge is 0.406 e. The standard InChI is InChI=1S/C16H16F3NOS/c17-16(18,19)12-20(10-14-8-9-22-11-14)15(21)7-6-13-4-2-1-3-5-13/h1-5,8-9,11H,6-7,10,12H2. The molecule has 2 aromatic rings. The van der Waals surface area contributed by atoms with Crippen LogP contribution in [0, 0.1) is 0 Å². The number of carbonyl (C=O) groups is 1. The molecule has 0 N–H and O–H groups in total. The third kappa shape index (κ3) is 5.52. The molecule has 0 aliphatic rings. The van der Waals surface area contributed by atoms with Crippen LogP contribution in [0.1, 0.15) is 17.5 Å². The Morgan fingerprint density at radius 2 is 1.82 bits per heavy atom. The van der Waals surface area contributed by atoms with Crippen LogP contribution in [0.25, 0.3) is 0 Å². The molecule has 1 amide bonds. The van der Waals surface area contributed by atoms with Gasteiger partial charge in [-0.3, -0.25) is 4.79 Å². The second-order valence-electron chi connectivity index (χ2n) is 4.98. The lowest BCUT2D eigenvalue weighted by Gasteiger charge is -2.23. The summed E-state index contributed by atoms with van der Waals surface area (Å²) in [6, 6.07) is 11.0. The van der Waals surface area contributed by atoms with Gasteiger partial charge in [-0.1, -0.05) is 30.3 Å². The molecule has 118 valence electrons. The highest BCUT2D eigenvalue weighted by Gasteiger charge is 2.32. The van der Waals surface area contributed by atoms with Gasteiger partial charge in [-0.2, -0.15) is 24.5 Å². The minimum atomic E-state index is -4.39. The van der Waals surface area contributed by atoms with E-state index in [2.05, 4.69) is 0 Å². The molecule has 0 saturated carbocycles. The molecule has 0 bridgehead atoms. The Kier molecular flexibility index (Phi) is 5.60. The summed E-state index contributed by atoms with van der Waals surface area (Å²) in [4.78, 5) is 13.0. The third-order valence-corrected chi connectivity index (χ3v) is 3.88. The number of hydrogen-bond donors (Lipinski definition) is 0. The molecule has 6 heteroatoms. The van der Waals surface area contributed by atoms with Crippen molar-refractivity contribution in [1.82, 2.24) is 4.90 Å². The zero-order valence-corrected chi connectivity index (χ0v) is 12.7. The monoisotopic (exact) mass is 327 g/mol. The quantitative estimate of drug-likeness (QED) is 0.776. The number of aryl methyl sites for hydroxylation is 1. The summed E-state index contributed by atoms with van der Waals surface area (Å²) in [5.41, 5.74) is 1.67. The first-order valence-electron chi connectivity index (χ1n) is 6.83. The summed E-state index contributed by atoms with van der Waals surface area (Å²) in [7, 11) is 0. The summed E-state index contributed by atoms with van der Waals surface area (Å²) < 4.78 is 38.0. The van der Waals surface area contributed by atoms with Gasteiger partial charge in [0.2, 0.25) is 5.91 Å². The van der Waals surface area contributed by atoms with E-state index in [-0.39, 0.29) is 13.0 Å². The van der Waals surface area contributed by atoms with Crippen LogP contribution in [-0.4, -0.2) is 23.5 Å². The molecule has 0 saturated heterocycles. The maximum atomic E-state index is 12.7. The van der Waals surface area contributed by atoms with Crippen molar-refractivity contribution in [3.8, 4) is 0 Å². The molecular formula is C16H16F3NOS. The topological polar surface area (TPSA) is 20.3 Å². The first kappa shape index (κ1) is 16.5. The van der Waals surface area contributed by atoms with Crippen molar-refractivity contribution in [2.24, 2.45) is 0 Å². The zero-order chi connectivity index (χ0) is 16.0. The summed E-state index contributed by atoms with van der Waals surface area (Å²) in [5.74, 6) is -0.479. The molecule has 2 rings (SSSR count). The first-order chi connectivity index (χ1) is 10.4. The minimum absolute atomic E-state index is 0.00334. The average molecular weight is 327 g/mol. The highest BCUT2D eigenvalue weighted by atomic mass is 32.1. The van der Waals surface area contributed by atoms with Crippen molar-refractivity contribution in [2.45, 2.75) is 25.6 Å². The predicted octanol–water partition coefficient (Wildman–Crippen LogP) is 4.27. The van der Waals surface area contributed by atoms with Crippen molar-refractivity contribution in [2.75, 3.05) is 6.54 Å². The van der Waals surface area contributed by atoms with Gasteiger partial charge >= 0.3 is 6.18 Å². The fraction of sp³-hybridized carbons (Fsp3) is 0.312. The SMILES string of the molecule is O=C(CCc1ccccc1)N(Cc1ccsc1)CC(F)(F)F. The Balaban J connectivity index is 1.98. The Hall–Kier alpha value is -1.82. The Morgan fingerprint density at radius 3 is 2.41 bits per heavy atom. The zero-order valence-electron chi connectivity index (χ0n) is 11.8. The van der Waals surface area contributed by atoms with E-state index in [1.165, 1.54) is 11.3 Å². The molecule has 1 aromatic heterocycles. The number of amides is 1. The molecule has 1 aromatic carbocycles. The van der Waals surface area contributed by atoms with E-state index in [0.717, 1.165) is 16.0 Å². The Bertz CT molecular complexity index is 581. The van der Waals surface area contributed by atoms with Crippen molar-refractivity contribution in [3.05, 3.63) is 58.3 Å². The molecule has 0 fully saturated rings. The molecule has 2 nitrogen and oxygen atoms in total. The lowest BCUT2D eigenvalue weighted by molar-refractivity contribution is -0.162. The number of hydrogen-bond acceptors (Lipinski definition) is 2. The van der Waals surface area contributed by atoms with Gasteiger partial charge in [0.25, 0.3) is 0 Å². The highest BCUT2D eigenvalue weighted by molar-refractivity contribution is 7.07. The maximum Gasteiger partial charge on any atom is 0.406 e. The number of halogens is 3. The van der Waals surface area contributed by atoms with E-state index in [0.29, 0.717) is 6.42 Å². The lowest BCUT2D eigenvalue weighted by Crippen LogP contribution is -2.38. The van der Waals surface area contributed by atoms with E-state index in [1.807, 2.05) is 30.3 Å². The van der Waals surface area contributed by atoms with Crippen LogP contribution < -0.4 is 0 Å². The average Bonchev–Trinajstić information content (AvgIpc) is 2.97. The molecule has 0 radical (unpaired) electrons. The molecule has 0 aliphatic carbocycles. The molecule has 1 heterocycles. The van der Waals surface area contributed by atoms with E-state index in [9.17, 15) is 18.0 Å². The minimum Gasteiger partial charge on any atom is -0.329 e. The van der Waals surface area contributed by atoms with E-state index in [4.69, 9.17) is 0 Å². The van der Waals surface area contributed by atoms with Crippen LogP contribution in [-0.2, 0) is 17.8 Å².